The van der Waals surface area contributed by atoms with Crippen molar-refractivity contribution in [2.45, 2.75) is 27.3 Å². The van der Waals surface area contributed by atoms with Crippen molar-refractivity contribution in [2.75, 3.05) is 13.7 Å². The molecule has 22 heavy (non-hydrogen) atoms. The van der Waals surface area contributed by atoms with E-state index >= 15 is 0 Å². The molecule has 0 spiro atoms. The van der Waals surface area contributed by atoms with Gasteiger partial charge in [-0.25, -0.2) is 4.98 Å². The maximum Gasteiger partial charge on any atom is 0.258 e. The minimum absolute atomic E-state index is 0.0454. The maximum atomic E-state index is 11.9. The lowest BCUT2D eigenvalue weighted by molar-refractivity contribution is -0.123. The fraction of sp³-hybridized carbons (Fsp3) is 0.375. The van der Waals surface area contributed by atoms with E-state index in [1.165, 1.54) is 0 Å². The second kappa shape index (κ2) is 7.26. The van der Waals surface area contributed by atoms with Gasteiger partial charge < -0.3 is 14.8 Å². The Kier molecular flexibility index (Phi) is 5.38. The number of carbonyl (C=O) groups is 1. The summed E-state index contributed by atoms with van der Waals surface area (Å²) in [7, 11) is 1.58. The highest BCUT2D eigenvalue weighted by molar-refractivity contribution is 7.11. The van der Waals surface area contributed by atoms with E-state index in [0.29, 0.717) is 18.0 Å². The van der Waals surface area contributed by atoms with Crippen LogP contribution >= 0.6 is 11.3 Å². The smallest absolute Gasteiger partial charge is 0.258 e. The van der Waals surface area contributed by atoms with Crippen LogP contribution in [-0.2, 0) is 11.3 Å². The molecule has 2 aromatic rings. The zero-order valence-electron chi connectivity index (χ0n) is 13.2. The highest BCUT2D eigenvalue weighted by Crippen LogP contribution is 2.27. The lowest BCUT2D eigenvalue weighted by Crippen LogP contribution is -2.28. The molecule has 1 N–H and O–H groups in total. The molecule has 0 bridgehead atoms. The molecule has 1 amide bonds. The third kappa shape index (κ3) is 4.21. The minimum atomic E-state index is -0.173. The molecule has 0 aliphatic heterocycles. The molecule has 0 aliphatic carbocycles. The van der Waals surface area contributed by atoms with Crippen LogP contribution in [0.4, 0.5) is 0 Å². The molecular formula is C16H20N2O3S. The first-order valence-corrected chi connectivity index (χ1v) is 7.78. The van der Waals surface area contributed by atoms with Gasteiger partial charge in [0.25, 0.3) is 5.91 Å². The van der Waals surface area contributed by atoms with Crippen LogP contribution in [-0.4, -0.2) is 24.6 Å². The Balaban J connectivity index is 1.86. The van der Waals surface area contributed by atoms with Crippen molar-refractivity contribution in [2.24, 2.45) is 0 Å². The third-order valence-electron chi connectivity index (χ3n) is 3.12. The van der Waals surface area contributed by atoms with Crippen molar-refractivity contribution in [1.29, 1.82) is 0 Å². The van der Waals surface area contributed by atoms with Crippen molar-refractivity contribution in [3.63, 3.8) is 0 Å². The number of carbonyl (C=O) groups excluding carboxylic acids is 1. The zero-order valence-corrected chi connectivity index (χ0v) is 14.0. The number of hydrogen-bond donors (Lipinski definition) is 1. The number of hydrogen-bond acceptors (Lipinski definition) is 5. The van der Waals surface area contributed by atoms with Crippen LogP contribution in [0.2, 0.25) is 0 Å². The number of amides is 1. The molecule has 0 atom stereocenters. The fourth-order valence-corrected chi connectivity index (χ4v) is 2.88. The average molecular weight is 320 g/mol. The number of benzene rings is 1. The summed E-state index contributed by atoms with van der Waals surface area (Å²) in [6.45, 7) is 6.30. The predicted molar refractivity (Wildman–Crippen MR) is 86.7 cm³/mol. The van der Waals surface area contributed by atoms with E-state index in [9.17, 15) is 4.79 Å². The van der Waals surface area contributed by atoms with Crippen LogP contribution < -0.4 is 14.8 Å². The Morgan fingerprint density at radius 1 is 1.27 bits per heavy atom. The van der Waals surface area contributed by atoms with Crippen molar-refractivity contribution in [3.05, 3.63) is 39.3 Å². The quantitative estimate of drug-likeness (QED) is 0.889. The topological polar surface area (TPSA) is 60.5 Å². The highest BCUT2D eigenvalue weighted by Gasteiger charge is 2.09. The largest absolute Gasteiger partial charge is 0.493 e. The van der Waals surface area contributed by atoms with Gasteiger partial charge in [0.05, 0.1) is 24.4 Å². The molecule has 118 valence electrons. The summed E-state index contributed by atoms with van der Waals surface area (Å²) in [5.74, 6) is 1.02. The molecular weight excluding hydrogens is 300 g/mol. The SMILES string of the molecule is COc1cc(C)ccc1OCC(=O)NCc1sc(C)nc1C. The summed E-state index contributed by atoms with van der Waals surface area (Å²) in [5, 5.41) is 3.84. The first kappa shape index (κ1) is 16.3. The maximum absolute atomic E-state index is 11.9. The van der Waals surface area contributed by atoms with Crippen molar-refractivity contribution in [1.82, 2.24) is 10.3 Å². The van der Waals surface area contributed by atoms with E-state index in [1.807, 2.05) is 32.9 Å². The molecule has 0 aliphatic rings. The van der Waals surface area contributed by atoms with E-state index in [4.69, 9.17) is 9.47 Å². The van der Waals surface area contributed by atoms with E-state index in [1.54, 1.807) is 24.5 Å². The number of ether oxygens (including phenoxy) is 2. The van der Waals surface area contributed by atoms with Crippen molar-refractivity contribution < 1.29 is 14.3 Å². The lowest BCUT2D eigenvalue weighted by Gasteiger charge is -2.11. The summed E-state index contributed by atoms with van der Waals surface area (Å²) in [6.07, 6.45) is 0. The van der Waals surface area contributed by atoms with Crippen LogP contribution in [0, 0.1) is 20.8 Å². The Labute approximate surface area is 134 Å². The first-order chi connectivity index (χ1) is 10.5. The summed E-state index contributed by atoms with van der Waals surface area (Å²) in [4.78, 5) is 17.3. The van der Waals surface area contributed by atoms with Crippen molar-refractivity contribution in [3.8, 4) is 11.5 Å². The average Bonchev–Trinajstić information content (AvgIpc) is 2.81. The van der Waals surface area contributed by atoms with E-state index in [0.717, 1.165) is 21.1 Å². The zero-order chi connectivity index (χ0) is 16.1. The normalized spacial score (nSPS) is 10.4. The molecule has 1 heterocycles. The molecule has 6 heteroatoms. The molecule has 1 aromatic heterocycles. The predicted octanol–water partition coefficient (Wildman–Crippen LogP) is 2.77. The van der Waals surface area contributed by atoms with Gasteiger partial charge in [0.15, 0.2) is 18.1 Å². The molecule has 5 nitrogen and oxygen atoms in total. The third-order valence-corrected chi connectivity index (χ3v) is 4.20. The van der Waals surface area contributed by atoms with Gasteiger partial charge in [-0.15, -0.1) is 11.3 Å². The van der Waals surface area contributed by atoms with E-state index in [-0.39, 0.29) is 12.5 Å². The molecule has 0 unspecified atom stereocenters. The highest BCUT2D eigenvalue weighted by atomic mass is 32.1. The number of nitrogens with one attached hydrogen (secondary N) is 1. The van der Waals surface area contributed by atoms with Gasteiger partial charge in [0.1, 0.15) is 0 Å². The molecule has 0 fully saturated rings. The molecule has 2 rings (SSSR count). The second-order valence-electron chi connectivity index (χ2n) is 4.96. The van der Waals surface area contributed by atoms with Gasteiger partial charge in [0, 0.05) is 4.88 Å². The molecule has 0 saturated heterocycles. The van der Waals surface area contributed by atoms with Crippen LogP contribution in [0.15, 0.2) is 18.2 Å². The standard InChI is InChI=1S/C16H20N2O3S/c1-10-5-6-13(14(7-10)20-4)21-9-16(19)17-8-15-11(2)18-12(3)22-15/h5-7H,8-9H2,1-4H3,(H,17,19). The van der Waals surface area contributed by atoms with Gasteiger partial charge in [-0.1, -0.05) is 6.07 Å². The Morgan fingerprint density at radius 3 is 2.68 bits per heavy atom. The Hall–Kier alpha value is -2.08. The van der Waals surface area contributed by atoms with E-state index in [2.05, 4.69) is 10.3 Å². The number of thiazole rings is 1. The fourth-order valence-electron chi connectivity index (χ4n) is 2.00. The summed E-state index contributed by atoms with van der Waals surface area (Å²) >= 11 is 1.59. The van der Waals surface area contributed by atoms with Crippen molar-refractivity contribution >= 4 is 17.2 Å². The number of methoxy groups -OCH3 is 1. The van der Waals surface area contributed by atoms with Gasteiger partial charge in [-0.2, -0.15) is 0 Å². The molecule has 0 radical (unpaired) electrons. The summed E-state index contributed by atoms with van der Waals surface area (Å²) in [5.41, 5.74) is 2.04. The van der Waals surface area contributed by atoms with Crippen LogP contribution in [0.5, 0.6) is 11.5 Å². The minimum Gasteiger partial charge on any atom is -0.493 e. The number of aryl methyl sites for hydroxylation is 3. The van der Waals surface area contributed by atoms with Crippen LogP contribution in [0.3, 0.4) is 0 Å². The van der Waals surface area contributed by atoms with Gasteiger partial charge >= 0.3 is 0 Å². The van der Waals surface area contributed by atoms with Crippen LogP contribution in [0.25, 0.3) is 0 Å². The monoisotopic (exact) mass is 320 g/mol. The van der Waals surface area contributed by atoms with Crippen LogP contribution in [0.1, 0.15) is 21.1 Å². The number of rotatable bonds is 6. The van der Waals surface area contributed by atoms with Gasteiger partial charge in [-0.3, -0.25) is 4.79 Å². The van der Waals surface area contributed by atoms with Gasteiger partial charge in [0.2, 0.25) is 0 Å². The summed E-state index contributed by atoms with van der Waals surface area (Å²) in [6, 6.07) is 5.59. The second-order valence-corrected chi connectivity index (χ2v) is 6.25. The first-order valence-electron chi connectivity index (χ1n) is 6.96. The van der Waals surface area contributed by atoms with E-state index < -0.39 is 0 Å². The molecule has 1 aromatic carbocycles. The lowest BCUT2D eigenvalue weighted by atomic mass is 10.2. The Morgan fingerprint density at radius 2 is 2.05 bits per heavy atom. The summed E-state index contributed by atoms with van der Waals surface area (Å²) < 4.78 is 10.8. The number of nitrogens with zero attached hydrogens (tertiary/aromatic N) is 1. The van der Waals surface area contributed by atoms with Gasteiger partial charge in [-0.05, 0) is 38.5 Å². The number of aromatic nitrogens is 1. The Bertz CT molecular complexity index is 667. The molecule has 0 saturated carbocycles.